The lowest BCUT2D eigenvalue weighted by atomic mass is 10.0. The molecule has 0 radical (unpaired) electrons. The molecule has 0 unspecified atom stereocenters. The molecule has 30 heavy (non-hydrogen) atoms. The molecule has 0 fully saturated rings. The van der Waals surface area contributed by atoms with Gasteiger partial charge in [0.1, 0.15) is 0 Å². The van der Waals surface area contributed by atoms with E-state index in [2.05, 4.69) is 11.6 Å². The Morgan fingerprint density at radius 2 is 1.87 bits per heavy atom. The maximum absolute atomic E-state index is 13.3. The molecule has 0 aliphatic carbocycles. The van der Waals surface area contributed by atoms with Crippen molar-refractivity contribution in [2.45, 2.75) is 13.8 Å². The normalized spacial score (nSPS) is 12.5. The largest absolute Gasteiger partial charge is 0.403 e. The highest BCUT2D eigenvalue weighted by atomic mass is 16.4. The lowest BCUT2D eigenvalue weighted by Gasteiger charge is -2.05. The second kappa shape index (κ2) is 7.79. The number of Topliss-reactive ketones (excluding diaryl/α,β-unsaturated/α-hetero) is 1. The first-order valence-corrected chi connectivity index (χ1v) is 9.54. The van der Waals surface area contributed by atoms with Crippen molar-refractivity contribution in [3.63, 3.8) is 0 Å². The highest BCUT2D eigenvalue weighted by molar-refractivity contribution is 6.14. The maximum Gasteiger partial charge on any atom is 0.347 e. The van der Waals surface area contributed by atoms with Gasteiger partial charge in [-0.15, -0.1) is 0 Å². The molecule has 4 rings (SSSR count). The van der Waals surface area contributed by atoms with Crippen molar-refractivity contribution in [1.29, 1.82) is 0 Å². The topological polar surface area (TPSA) is 64.6 Å². The third kappa shape index (κ3) is 3.42. The summed E-state index contributed by atoms with van der Waals surface area (Å²) in [7, 11) is 0. The van der Waals surface area contributed by atoms with Gasteiger partial charge >= 0.3 is 5.63 Å². The lowest BCUT2D eigenvalue weighted by molar-refractivity contribution is 0.103. The highest BCUT2D eigenvalue weighted by Crippen LogP contribution is 2.19. The van der Waals surface area contributed by atoms with E-state index in [0.717, 1.165) is 11.1 Å². The van der Waals surface area contributed by atoms with Crippen LogP contribution in [0, 0.1) is 6.92 Å². The summed E-state index contributed by atoms with van der Waals surface area (Å²) in [4.78, 5) is 30.3. The Morgan fingerprint density at radius 3 is 2.57 bits per heavy atom. The van der Waals surface area contributed by atoms with Gasteiger partial charge in [-0.1, -0.05) is 36.9 Å². The zero-order chi connectivity index (χ0) is 21.3. The Labute approximate surface area is 172 Å². The minimum atomic E-state index is -0.585. The van der Waals surface area contributed by atoms with Gasteiger partial charge in [-0.05, 0) is 55.8 Å². The van der Waals surface area contributed by atoms with E-state index in [1.807, 2.05) is 60.0 Å². The SMILES string of the molecule is C=c1nc(-c2ccccc2)oc(=O)c1=CC(=CC)C(=O)c1c(C)cc2ccccn12. The molecule has 5 nitrogen and oxygen atoms in total. The van der Waals surface area contributed by atoms with E-state index >= 15 is 0 Å². The van der Waals surface area contributed by atoms with Crippen LogP contribution >= 0.6 is 0 Å². The average molecular weight is 396 g/mol. The second-order valence-corrected chi connectivity index (χ2v) is 6.92. The number of fused-ring (bicyclic) bond motifs is 1. The quantitative estimate of drug-likeness (QED) is 0.392. The van der Waals surface area contributed by atoms with Gasteiger partial charge in [0.15, 0.2) is 0 Å². The van der Waals surface area contributed by atoms with Crippen LogP contribution in [0.2, 0.25) is 0 Å². The van der Waals surface area contributed by atoms with Crippen LogP contribution in [0.15, 0.2) is 81.7 Å². The van der Waals surface area contributed by atoms with E-state index < -0.39 is 5.63 Å². The van der Waals surface area contributed by atoms with Crippen molar-refractivity contribution >= 4 is 24.0 Å². The van der Waals surface area contributed by atoms with Crippen LogP contribution in [0.3, 0.4) is 0 Å². The zero-order valence-electron chi connectivity index (χ0n) is 16.8. The summed E-state index contributed by atoms with van der Waals surface area (Å²) in [6.07, 6.45) is 5.02. The second-order valence-electron chi connectivity index (χ2n) is 6.92. The van der Waals surface area contributed by atoms with Crippen LogP contribution in [0.1, 0.15) is 23.0 Å². The predicted octanol–water partition coefficient (Wildman–Crippen LogP) is 3.28. The standard InChI is InChI=1S/C25H20N2O3/c1-4-18(23(28)22-16(2)14-20-12-8-9-13-27(20)22)15-21-17(3)26-24(30-25(21)29)19-10-6-5-7-11-19/h4-15H,3H2,1-2H3. The number of hydrogen-bond acceptors (Lipinski definition) is 4. The highest BCUT2D eigenvalue weighted by Gasteiger charge is 2.18. The van der Waals surface area contributed by atoms with E-state index in [-0.39, 0.29) is 22.2 Å². The summed E-state index contributed by atoms with van der Waals surface area (Å²) < 4.78 is 7.25. The Kier molecular flexibility index (Phi) is 5.02. The van der Waals surface area contributed by atoms with E-state index in [9.17, 15) is 9.59 Å². The van der Waals surface area contributed by atoms with Crippen LogP contribution in [0.4, 0.5) is 0 Å². The summed E-state index contributed by atoms with van der Waals surface area (Å²) >= 11 is 0. The van der Waals surface area contributed by atoms with Gasteiger partial charge in [0.25, 0.3) is 0 Å². The number of nitrogens with zero attached hydrogens (tertiary/aromatic N) is 2. The monoisotopic (exact) mass is 396 g/mol. The number of pyridine rings is 1. The lowest BCUT2D eigenvalue weighted by Crippen LogP contribution is -2.40. The number of aryl methyl sites for hydroxylation is 1. The first kappa shape index (κ1) is 19.3. The number of carbonyl (C=O) groups is 1. The van der Waals surface area contributed by atoms with Gasteiger partial charge in [0.2, 0.25) is 11.7 Å². The number of hydrogen-bond donors (Lipinski definition) is 0. The predicted molar refractivity (Wildman–Crippen MR) is 118 cm³/mol. The summed E-state index contributed by atoms with van der Waals surface area (Å²) in [6.45, 7) is 7.55. The van der Waals surface area contributed by atoms with Crippen LogP contribution in [0.25, 0.3) is 29.6 Å². The van der Waals surface area contributed by atoms with Crippen molar-refractivity contribution in [2.75, 3.05) is 0 Å². The Hall–Kier alpha value is -3.99. The molecule has 0 bridgehead atoms. The van der Waals surface area contributed by atoms with Crippen LogP contribution in [0.5, 0.6) is 0 Å². The molecule has 3 heterocycles. The fraction of sp³-hybridized carbons (Fsp3) is 0.0800. The molecule has 0 aliphatic rings. The molecule has 0 spiro atoms. The first-order valence-electron chi connectivity index (χ1n) is 9.54. The fourth-order valence-electron chi connectivity index (χ4n) is 3.43. The van der Waals surface area contributed by atoms with Crippen molar-refractivity contribution in [2.24, 2.45) is 0 Å². The molecule has 0 amide bonds. The average Bonchev–Trinajstić information content (AvgIpc) is 3.09. The van der Waals surface area contributed by atoms with Crippen molar-refractivity contribution in [1.82, 2.24) is 9.38 Å². The van der Waals surface area contributed by atoms with Crippen molar-refractivity contribution in [3.8, 4) is 11.5 Å². The third-order valence-corrected chi connectivity index (χ3v) is 4.94. The number of rotatable bonds is 4. The summed E-state index contributed by atoms with van der Waals surface area (Å²) in [5.74, 6) is 0.0108. The number of aromatic nitrogens is 2. The van der Waals surface area contributed by atoms with E-state index in [0.29, 0.717) is 16.8 Å². The fourth-order valence-corrected chi connectivity index (χ4v) is 3.43. The van der Waals surface area contributed by atoms with Gasteiger partial charge in [0, 0.05) is 22.9 Å². The third-order valence-electron chi connectivity index (χ3n) is 4.94. The molecule has 4 aromatic rings. The van der Waals surface area contributed by atoms with Crippen molar-refractivity contribution in [3.05, 3.63) is 105 Å². The van der Waals surface area contributed by atoms with Crippen LogP contribution < -0.4 is 16.2 Å². The van der Waals surface area contributed by atoms with Gasteiger partial charge < -0.3 is 8.82 Å². The maximum atomic E-state index is 13.3. The first-order chi connectivity index (χ1) is 14.5. The minimum absolute atomic E-state index is 0.162. The molecule has 0 N–H and O–H groups in total. The molecule has 3 aromatic heterocycles. The molecule has 0 saturated carbocycles. The van der Waals surface area contributed by atoms with Crippen molar-refractivity contribution < 1.29 is 9.21 Å². The molecular formula is C25H20N2O3. The van der Waals surface area contributed by atoms with E-state index in [1.54, 1.807) is 25.1 Å². The zero-order valence-corrected chi connectivity index (χ0v) is 16.8. The summed E-state index contributed by atoms with van der Waals surface area (Å²) in [6, 6.07) is 16.8. The molecule has 0 aliphatic heterocycles. The Bertz CT molecular complexity index is 1420. The Morgan fingerprint density at radius 1 is 1.13 bits per heavy atom. The van der Waals surface area contributed by atoms with E-state index in [1.165, 1.54) is 6.08 Å². The number of allylic oxidation sites excluding steroid dienone is 2. The van der Waals surface area contributed by atoms with Crippen LogP contribution in [-0.4, -0.2) is 15.2 Å². The number of ketones is 1. The van der Waals surface area contributed by atoms with Gasteiger partial charge in [-0.2, -0.15) is 0 Å². The molecular weight excluding hydrogens is 376 g/mol. The summed E-state index contributed by atoms with van der Waals surface area (Å²) in [5, 5.41) is 0.420. The van der Waals surface area contributed by atoms with Crippen LogP contribution in [-0.2, 0) is 0 Å². The molecule has 0 atom stereocenters. The number of carbonyl (C=O) groups excluding carboxylic acids is 1. The summed E-state index contributed by atoms with van der Waals surface area (Å²) in [5.41, 5.74) is 2.81. The minimum Gasteiger partial charge on any atom is -0.403 e. The molecule has 5 heteroatoms. The van der Waals surface area contributed by atoms with Gasteiger partial charge in [-0.25, -0.2) is 9.78 Å². The van der Waals surface area contributed by atoms with Gasteiger partial charge in [0.05, 0.1) is 16.3 Å². The number of benzene rings is 1. The smallest absolute Gasteiger partial charge is 0.347 e. The molecule has 1 aromatic carbocycles. The Balaban J connectivity index is 1.82. The molecule has 148 valence electrons. The van der Waals surface area contributed by atoms with E-state index in [4.69, 9.17) is 4.42 Å². The molecule has 0 saturated heterocycles. The van der Waals surface area contributed by atoms with Gasteiger partial charge in [-0.3, -0.25) is 4.79 Å².